The highest BCUT2D eigenvalue weighted by Gasteiger charge is 2.05. The van der Waals surface area contributed by atoms with Crippen LogP contribution in [0.4, 0.5) is 5.69 Å². The zero-order chi connectivity index (χ0) is 13.2. The third kappa shape index (κ3) is 2.33. The lowest BCUT2D eigenvalue weighted by Gasteiger charge is -2.03. The number of hydrogen-bond donors (Lipinski definition) is 2. The summed E-state index contributed by atoms with van der Waals surface area (Å²) in [6.07, 6.45) is 0.500. The first-order valence-electron chi connectivity index (χ1n) is 6.05. The van der Waals surface area contributed by atoms with E-state index in [9.17, 15) is 4.79 Å². The molecule has 0 aliphatic carbocycles. The molecule has 0 aliphatic rings. The number of anilines is 1. The summed E-state index contributed by atoms with van der Waals surface area (Å²) in [4.78, 5) is 19.2. The van der Waals surface area contributed by atoms with Gasteiger partial charge in [0.25, 0.3) is 5.56 Å². The number of nitrogens with one attached hydrogen (secondary N) is 1. The van der Waals surface area contributed by atoms with Crippen LogP contribution in [0, 0.1) is 0 Å². The van der Waals surface area contributed by atoms with Gasteiger partial charge in [-0.15, -0.1) is 0 Å². The molecule has 0 aliphatic heterocycles. The number of nitrogen functional groups attached to an aromatic ring is 1. The predicted octanol–water partition coefficient (Wildman–Crippen LogP) is 2.10. The number of fused-ring (bicyclic) bond motifs is 1. The van der Waals surface area contributed by atoms with Crippen LogP contribution in [0.2, 0.25) is 0 Å². The number of para-hydroxylation sites is 2. The Morgan fingerprint density at radius 1 is 1.05 bits per heavy atom. The molecule has 4 nitrogen and oxygen atoms in total. The molecule has 2 aromatic carbocycles. The molecule has 3 N–H and O–H groups in total. The lowest BCUT2D eigenvalue weighted by molar-refractivity contribution is 1.03. The summed E-state index contributed by atoms with van der Waals surface area (Å²) < 4.78 is 0. The topological polar surface area (TPSA) is 71.8 Å². The minimum absolute atomic E-state index is 0.143. The number of hydrogen-bond acceptors (Lipinski definition) is 3. The van der Waals surface area contributed by atoms with E-state index in [2.05, 4.69) is 9.97 Å². The summed E-state index contributed by atoms with van der Waals surface area (Å²) in [5, 5.41) is 0. The van der Waals surface area contributed by atoms with Gasteiger partial charge >= 0.3 is 0 Å². The molecule has 1 aromatic heterocycles. The van der Waals surface area contributed by atoms with Crippen molar-refractivity contribution in [1.82, 2.24) is 9.97 Å². The molecule has 0 atom stereocenters. The molecule has 0 amide bonds. The Hall–Kier alpha value is -2.62. The zero-order valence-electron chi connectivity index (χ0n) is 10.3. The Bertz CT molecular complexity index is 775. The summed E-state index contributed by atoms with van der Waals surface area (Å²) in [5.74, 6) is 0. The maximum absolute atomic E-state index is 12.0. The fourth-order valence-electron chi connectivity index (χ4n) is 2.02. The summed E-state index contributed by atoms with van der Waals surface area (Å²) in [5.41, 5.74) is 9.30. The summed E-state index contributed by atoms with van der Waals surface area (Å²) in [7, 11) is 0. The molecule has 0 fully saturated rings. The van der Waals surface area contributed by atoms with Gasteiger partial charge in [-0.25, -0.2) is 4.98 Å². The second kappa shape index (κ2) is 4.57. The molecule has 1 heterocycles. The number of aromatic nitrogens is 2. The Labute approximate surface area is 109 Å². The van der Waals surface area contributed by atoms with Gasteiger partial charge in [0, 0.05) is 12.1 Å². The van der Waals surface area contributed by atoms with E-state index < -0.39 is 0 Å². The molecular weight excluding hydrogens is 238 g/mol. The monoisotopic (exact) mass is 251 g/mol. The van der Waals surface area contributed by atoms with Crippen molar-refractivity contribution >= 4 is 16.7 Å². The van der Waals surface area contributed by atoms with Crippen molar-refractivity contribution in [3.63, 3.8) is 0 Å². The van der Waals surface area contributed by atoms with Gasteiger partial charge in [-0.1, -0.05) is 24.3 Å². The molecule has 0 radical (unpaired) electrons. The van der Waals surface area contributed by atoms with Gasteiger partial charge in [-0.3, -0.25) is 4.79 Å². The molecular formula is C15H13N3O. The fourth-order valence-corrected chi connectivity index (χ4v) is 2.02. The van der Waals surface area contributed by atoms with E-state index in [1.807, 2.05) is 48.5 Å². The molecule has 4 heteroatoms. The van der Waals surface area contributed by atoms with E-state index in [-0.39, 0.29) is 5.56 Å². The lowest BCUT2D eigenvalue weighted by Crippen LogP contribution is -2.15. The number of nitrogens with zero attached hydrogens (tertiary/aromatic N) is 1. The van der Waals surface area contributed by atoms with Crippen molar-refractivity contribution in [3.05, 3.63) is 70.1 Å². The number of H-pyrrole nitrogens is 1. The Kier molecular flexibility index (Phi) is 2.76. The van der Waals surface area contributed by atoms with Crippen LogP contribution in [0.1, 0.15) is 11.3 Å². The van der Waals surface area contributed by atoms with Crippen molar-refractivity contribution < 1.29 is 0 Å². The first-order valence-corrected chi connectivity index (χ1v) is 6.05. The molecule has 0 bridgehead atoms. The van der Waals surface area contributed by atoms with Crippen molar-refractivity contribution in [2.45, 2.75) is 6.42 Å². The van der Waals surface area contributed by atoms with Crippen molar-refractivity contribution in [2.75, 3.05) is 5.73 Å². The summed E-state index contributed by atoms with van der Waals surface area (Å²) in [6.45, 7) is 0. The van der Waals surface area contributed by atoms with E-state index in [4.69, 9.17) is 5.73 Å². The standard InChI is InChI=1S/C15H13N3O/c16-11-7-5-10(6-8-11)9-14-15(19)18-13-4-2-1-3-12(13)17-14/h1-8H,9,16H2,(H,18,19). The second-order valence-electron chi connectivity index (χ2n) is 4.45. The van der Waals surface area contributed by atoms with Crippen LogP contribution >= 0.6 is 0 Å². The highest BCUT2D eigenvalue weighted by atomic mass is 16.1. The maximum Gasteiger partial charge on any atom is 0.270 e. The quantitative estimate of drug-likeness (QED) is 0.685. The zero-order valence-corrected chi connectivity index (χ0v) is 10.3. The average molecular weight is 251 g/mol. The number of rotatable bonds is 2. The number of aromatic amines is 1. The van der Waals surface area contributed by atoms with Gasteiger partial charge in [-0.05, 0) is 29.8 Å². The van der Waals surface area contributed by atoms with Crippen molar-refractivity contribution in [3.8, 4) is 0 Å². The summed E-state index contributed by atoms with van der Waals surface area (Å²) in [6, 6.07) is 15.0. The van der Waals surface area contributed by atoms with E-state index in [1.165, 1.54) is 0 Å². The molecule has 0 unspecified atom stereocenters. The van der Waals surface area contributed by atoms with Crippen LogP contribution in [-0.2, 0) is 6.42 Å². The highest BCUT2D eigenvalue weighted by molar-refractivity contribution is 5.73. The molecule has 94 valence electrons. The lowest BCUT2D eigenvalue weighted by atomic mass is 10.1. The minimum atomic E-state index is -0.143. The maximum atomic E-state index is 12.0. The normalized spacial score (nSPS) is 10.7. The van der Waals surface area contributed by atoms with Crippen LogP contribution in [0.3, 0.4) is 0 Å². The largest absolute Gasteiger partial charge is 0.399 e. The van der Waals surface area contributed by atoms with E-state index in [1.54, 1.807) is 0 Å². The molecule has 3 rings (SSSR count). The van der Waals surface area contributed by atoms with Crippen LogP contribution in [0.15, 0.2) is 53.3 Å². The smallest absolute Gasteiger partial charge is 0.270 e. The van der Waals surface area contributed by atoms with Crippen LogP contribution in [0.5, 0.6) is 0 Å². The molecule has 19 heavy (non-hydrogen) atoms. The molecule has 0 saturated carbocycles. The average Bonchev–Trinajstić information content (AvgIpc) is 2.42. The minimum Gasteiger partial charge on any atom is -0.399 e. The van der Waals surface area contributed by atoms with E-state index in [0.717, 1.165) is 16.6 Å². The number of nitrogens with two attached hydrogens (primary N) is 1. The summed E-state index contributed by atoms with van der Waals surface area (Å²) >= 11 is 0. The van der Waals surface area contributed by atoms with Gasteiger partial charge in [0.2, 0.25) is 0 Å². The van der Waals surface area contributed by atoms with Gasteiger partial charge in [-0.2, -0.15) is 0 Å². The highest BCUT2D eigenvalue weighted by Crippen LogP contribution is 2.11. The predicted molar refractivity (Wildman–Crippen MR) is 76.0 cm³/mol. The Balaban J connectivity index is 2.03. The molecule has 0 spiro atoms. The third-order valence-electron chi connectivity index (χ3n) is 3.02. The molecule has 0 saturated heterocycles. The Morgan fingerprint density at radius 2 is 1.79 bits per heavy atom. The van der Waals surface area contributed by atoms with E-state index in [0.29, 0.717) is 17.8 Å². The first kappa shape index (κ1) is 11.5. The number of benzene rings is 2. The van der Waals surface area contributed by atoms with Crippen molar-refractivity contribution in [1.29, 1.82) is 0 Å². The van der Waals surface area contributed by atoms with Gasteiger partial charge < -0.3 is 10.7 Å². The SMILES string of the molecule is Nc1ccc(Cc2nc3ccccc3[nH]c2=O)cc1. The van der Waals surface area contributed by atoms with Gasteiger partial charge in [0.15, 0.2) is 0 Å². The molecule has 3 aromatic rings. The third-order valence-corrected chi connectivity index (χ3v) is 3.02. The van der Waals surface area contributed by atoms with Crippen LogP contribution in [-0.4, -0.2) is 9.97 Å². The van der Waals surface area contributed by atoms with E-state index >= 15 is 0 Å². The van der Waals surface area contributed by atoms with Gasteiger partial charge in [0.05, 0.1) is 11.0 Å². The van der Waals surface area contributed by atoms with Crippen molar-refractivity contribution in [2.24, 2.45) is 0 Å². The second-order valence-corrected chi connectivity index (χ2v) is 4.45. The Morgan fingerprint density at radius 3 is 2.58 bits per heavy atom. The first-order chi connectivity index (χ1) is 9.22. The van der Waals surface area contributed by atoms with Crippen LogP contribution < -0.4 is 11.3 Å². The van der Waals surface area contributed by atoms with Gasteiger partial charge in [0.1, 0.15) is 5.69 Å². The van der Waals surface area contributed by atoms with Crippen LogP contribution in [0.25, 0.3) is 11.0 Å². The fraction of sp³-hybridized carbons (Fsp3) is 0.0667.